The summed E-state index contributed by atoms with van der Waals surface area (Å²) in [6.45, 7) is 0. The third-order valence-electron chi connectivity index (χ3n) is 1.59. The van der Waals surface area contributed by atoms with Crippen molar-refractivity contribution >= 4 is 27.3 Å². The monoisotopic (exact) mass is 326 g/mol. The molecule has 0 heterocycles. The van der Waals surface area contributed by atoms with E-state index in [1.807, 2.05) is 0 Å². The van der Waals surface area contributed by atoms with Crippen LogP contribution in [0.15, 0.2) is 21.7 Å². The van der Waals surface area contributed by atoms with E-state index in [9.17, 15) is 23.3 Å². The second-order valence-electron chi connectivity index (χ2n) is 2.77. The Labute approximate surface area is 105 Å². The maximum absolute atomic E-state index is 12.0. The molecule has 0 atom stereocenters. The maximum Gasteiger partial charge on any atom is 0.573 e. The van der Waals surface area contributed by atoms with Gasteiger partial charge in [0.25, 0.3) is 5.69 Å². The molecule has 0 aliphatic heterocycles. The fourth-order valence-corrected chi connectivity index (χ4v) is 1.54. The highest BCUT2D eigenvalue weighted by Crippen LogP contribution is 2.40. The summed E-state index contributed by atoms with van der Waals surface area (Å²) in [5.74, 6) is -0.794. The van der Waals surface area contributed by atoms with Crippen LogP contribution in [0.2, 0.25) is 0 Å². The lowest BCUT2D eigenvalue weighted by Crippen LogP contribution is -2.17. The number of hydrogen-bond acceptors (Lipinski definition) is 4. The fourth-order valence-electron chi connectivity index (χ4n) is 1.04. The second kappa shape index (κ2) is 5.10. The molecule has 0 saturated heterocycles. The molecule has 11 heteroatoms. The molecule has 1 aromatic rings. The van der Waals surface area contributed by atoms with E-state index in [0.29, 0.717) is 6.07 Å². The number of azide groups is 1. The third-order valence-corrected chi connectivity index (χ3v) is 2.20. The van der Waals surface area contributed by atoms with Gasteiger partial charge in [0.15, 0.2) is 0 Å². The summed E-state index contributed by atoms with van der Waals surface area (Å²) < 4.78 is 39.2. The lowest BCUT2D eigenvalue weighted by Gasteiger charge is -2.09. The van der Waals surface area contributed by atoms with Gasteiger partial charge in [-0.15, -0.1) is 13.2 Å². The highest BCUT2D eigenvalue weighted by molar-refractivity contribution is 9.10. The largest absolute Gasteiger partial charge is 0.573 e. The van der Waals surface area contributed by atoms with E-state index in [2.05, 4.69) is 30.7 Å². The van der Waals surface area contributed by atoms with Gasteiger partial charge in [-0.1, -0.05) is 5.11 Å². The molecule has 0 radical (unpaired) electrons. The number of nitro benzene ring substituents is 1. The van der Waals surface area contributed by atoms with Gasteiger partial charge < -0.3 is 4.74 Å². The molecule has 0 unspecified atom stereocenters. The number of rotatable bonds is 3. The Kier molecular flexibility index (Phi) is 3.99. The van der Waals surface area contributed by atoms with Crippen LogP contribution in [-0.2, 0) is 0 Å². The number of hydrogen-bond donors (Lipinski definition) is 0. The first kappa shape index (κ1) is 14.1. The minimum Gasteiger partial charge on any atom is -0.405 e. The molecule has 0 aliphatic rings. The Morgan fingerprint density at radius 1 is 1.50 bits per heavy atom. The lowest BCUT2D eigenvalue weighted by molar-refractivity contribution is -0.384. The van der Waals surface area contributed by atoms with Crippen molar-refractivity contribution in [2.24, 2.45) is 5.11 Å². The van der Waals surface area contributed by atoms with Crippen molar-refractivity contribution in [2.75, 3.05) is 0 Å². The number of halogens is 4. The van der Waals surface area contributed by atoms with Gasteiger partial charge >= 0.3 is 6.36 Å². The van der Waals surface area contributed by atoms with E-state index in [0.717, 1.165) is 6.07 Å². The van der Waals surface area contributed by atoms with Crippen LogP contribution in [0.3, 0.4) is 0 Å². The Bertz CT molecular complexity index is 541. The quantitative estimate of drug-likeness (QED) is 0.273. The molecule has 0 saturated carbocycles. The molecule has 0 amide bonds. The number of alkyl halides is 3. The SMILES string of the molecule is [N-]=[N+]=Nc1c(Br)cc(OC(F)(F)F)cc1[N+](=O)[O-]. The van der Waals surface area contributed by atoms with E-state index in [4.69, 9.17) is 5.53 Å². The van der Waals surface area contributed by atoms with E-state index in [1.54, 1.807) is 0 Å². The van der Waals surface area contributed by atoms with Gasteiger partial charge in [-0.25, -0.2) is 0 Å². The molecular formula is C7H2BrF3N4O3. The summed E-state index contributed by atoms with van der Waals surface area (Å²) in [5, 5.41) is 13.7. The molecule has 0 spiro atoms. The van der Waals surface area contributed by atoms with Crippen LogP contribution in [0.5, 0.6) is 5.75 Å². The summed E-state index contributed by atoms with van der Waals surface area (Å²) in [7, 11) is 0. The van der Waals surface area contributed by atoms with Crippen molar-refractivity contribution in [1.29, 1.82) is 0 Å². The Morgan fingerprint density at radius 2 is 2.11 bits per heavy atom. The standard InChI is InChI=1S/C7H2BrF3N4O3/c8-4-1-3(18-7(9,10)11)2-5(15(16)17)6(4)13-14-12/h1-2H. The first-order chi connectivity index (χ1) is 8.24. The van der Waals surface area contributed by atoms with Crippen LogP contribution in [0, 0.1) is 10.1 Å². The molecule has 0 N–H and O–H groups in total. The zero-order valence-corrected chi connectivity index (χ0v) is 9.77. The predicted molar refractivity (Wildman–Crippen MR) is 56.3 cm³/mol. The minimum absolute atomic E-state index is 0.186. The van der Waals surface area contributed by atoms with Crippen molar-refractivity contribution in [3.8, 4) is 5.75 Å². The van der Waals surface area contributed by atoms with Gasteiger partial charge in [-0.3, -0.25) is 10.1 Å². The Balaban J connectivity index is 3.36. The molecule has 1 rings (SSSR count). The van der Waals surface area contributed by atoms with Gasteiger partial charge in [0.05, 0.1) is 11.0 Å². The summed E-state index contributed by atoms with van der Waals surface area (Å²) in [6, 6.07) is 1.33. The van der Waals surface area contributed by atoms with E-state index in [-0.39, 0.29) is 4.47 Å². The van der Waals surface area contributed by atoms with E-state index in [1.165, 1.54) is 0 Å². The van der Waals surface area contributed by atoms with Crippen LogP contribution >= 0.6 is 15.9 Å². The van der Waals surface area contributed by atoms with Crippen LogP contribution in [0.1, 0.15) is 0 Å². The number of nitrogens with zero attached hydrogens (tertiary/aromatic N) is 4. The molecule has 0 bridgehead atoms. The number of benzene rings is 1. The molecule has 1 aromatic carbocycles. The Hall–Kier alpha value is -2.00. The van der Waals surface area contributed by atoms with Crippen molar-refractivity contribution in [3.63, 3.8) is 0 Å². The molecule has 96 valence electrons. The lowest BCUT2D eigenvalue weighted by atomic mass is 10.2. The molecule has 0 aliphatic carbocycles. The van der Waals surface area contributed by atoms with Crippen LogP contribution in [0.4, 0.5) is 24.5 Å². The summed E-state index contributed by atoms with van der Waals surface area (Å²) in [4.78, 5) is 12.0. The van der Waals surface area contributed by atoms with E-state index < -0.39 is 28.4 Å². The Morgan fingerprint density at radius 3 is 2.56 bits per heavy atom. The smallest absolute Gasteiger partial charge is 0.405 e. The minimum atomic E-state index is -4.98. The maximum atomic E-state index is 12.0. The van der Waals surface area contributed by atoms with Gasteiger partial charge in [0, 0.05) is 9.38 Å². The van der Waals surface area contributed by atoms with Gasteiger partial charge in [-0.2, -0.15) is 0 Å². The number of ether oxygens (including phenoxy) is 1. The molecule has 0 fully saturated rings. The molecular weight excluding hydrogens is 325 g/mol. The first-order valence-corrected chi connectivity index (χ1v) is 4.82. The van der Waals surface area contributed by atoms with Crippen molar-refractivity contribution in [2.45, 2.75) is 6.36 Å². The van der Waals surface area contributed by atoms with Crippen molar-refractivity contribution < 1.29 is 22.8 Å². The highest BCUT2D eigenvalue weighted by atomic mass is 79.9. The second-order valence-corrected chi connectivity index (χ2v) is 3.62. The van der Waals surface area contributed by atoms with Gasteiger partial charge in [0.2, 0.25) is 0 Å². The zero-order valence-electron chi connectivity index (χ0n) is 8.18. The van der Waals surface area contributed by atoms with Crippen LogP contribution in [0.25, 0.3) is 10.4 Å². The molecule has 7 nitrogen and oxygen atoms in total. The van der Waals surface area contributed by atoms with E-state index >= 15 is 0 Å². The summed E-state index contributed by atoms with van der Waals surface area (Å²) in [5.41, 5.74) is 6.97. The average molecular weight is 327 g/mol. The fraction of sp³-hybridized carbons (Fsp3) is 0.143. The van der Waals surface area contributed by atoms with Gasteiger partial charge in [0.1, 0.15) is 11.4 Å². The normalized spacial score (nSPS) is 10.7. The van der Waals surface area contributed by atoms with Crippen LogP contribution in [-0.4, -0.2) is 11.3 Å². The topological polar surface area (TPSA) is 101 Å². The third kappa shape index (κ3) is 3.50. The zero-order chi connectivity index (χ0) is 13.9. The van der Waals surface area contributed by atoms with Crippen LogP contribution < -0.4 is 4.74 Å². The van der Waals surface area contributed by atoms with Gasteiger partial charge in [-0.05, 0) is 27.5 Å². The van der Waals surface area contributed by atoms with Crippen molar-refractivity contribution in [1.82, 2.24) is 0 Å². The number of nitro groups is 1. The van der Waals surface area contributed by atoms with Crippen molar-refractivity contribution in [3.05, 3.63) is 37.2 Å². The highest BCUT2D eigenvalue weighted by Gasteiger charge is 2.32. The average Bonchev–Trinajstić information content (AvgIpc) is 2.19. The first-order valence-electron chi connectivity index (χ1n) is 4.03. The molecule has 18 heavy (non-hydrogen) atoms. The summed E-state index contributed by atoms with van der Waals surface area (Å²) in [6.07, 6.45) is -4.98. The molecule has 0 aromatic heterocycles. The summed E-state index contributed by atoms with van der Waals surface area (Å²) >= 11 is 2.76. The predicted octanol–water partition coefficient (Wildman–Crippen LogP) is 4.20.